The van der Waals surface area contributed by atoms with Crippen molar-refractivity contribution in [2.45, 2.75) is 25.8 Å². The molecule has 1 aromatic carbocycles. The Morgan fingerprint density at radius 1 is 1.42 bits per heavy atom. The number of rotatable bonds is 4. The summed E-state index contributed by atoms with van der Waals surface area (Å²) < 4.78 is 42.1. The maximum absolute atomic E-state index is 13.8. The average Bonchev–Trinajstić information content (AvgIpc) is 3.02. The van der Waals surface area contributed by atoms with E-state index in [9.17, 15) is 17.6 Å². The number of nitrogens with one attached hydrogen (secondary N) is 1. The summed E-state index contributed by atoms with van der Waals surface area (Å²) in [5.41, 5.74) is 0.640. The molecule has 3 rings (SSSR count). The van der Waals surface area contributed by atoms with E-state index in [2.05, 4.69) is 10.3 Å². The lowest BCUT2D eigenvalue weighted by Crippen LogP contribution is -2.36. The lowest BCUT2D eigenvalue weighted by Gasteiger charge is -2.09. The third kappa shape index (κ3) is 3.64. The van der Waals surface area contributed by atoms with Crippen molar-refractivity contribution in [2.75, 3.05) is 11.5 Å². The first kappa shape index (κ1) is 16.6. The Bertz CT molecular complexity index is 876. The van der Waals surface area contributed by atoms with Crippen LogP contribution >= 0.6 is 0 Å². The van der Waals surface area contributed by atoms with E-state index >= 15 is 0 Å². The number of carbonyl (C=O) groups is 1. The van der Waals surface area contributed by atoms with E-state index in [1.807, 2.05) is 0 Å². The van der Waals surface area contributed by atoms with Crippen molar-refractivity contribution in [1.82, 2.24) is 10.3 Å². The Labute approximate surface area is 139 Å². The molecule has 0 saturated carbocycles. The monoisotopic (exact) mass is 352 g/mol. The van der Waals surface area contributed by atoms with E-state index in [1.54, 1.807) is 25.1 Å². The van der Waals surface area contributed by atoms with Gasteiger partial charge in [0.2, 0.25) is 11.8 Å². The Kier molecular flexibility index (Phi) is 4.40. The minimum Gasteiger partial charge on any atom is -0.441 e. The zero-order chi connectivity index (χ0) is 17.3. The zero-order valence-electron chi connectivity index (χ0n) is 13.1. The van der Waals surface area contributed by atoms with Crippen LogP contribution in [-0.2, 0) is 21.1 Å². The van der Waals surface area contributed by atoms with Gasteiger partial charge in [-0.2, -0.15) is 0 Å². The third-order valence-electron chi connectivity index (χ3n) is 3.92. The number of benzene rings is 1. The second-order valence-corrected chi connectivity index (χ2v) is 8.07. The molecule has 0 spiro atoms. The molecular weight excluding hydrogens is 335 g/mol. The van der Waals surface area contributed by atoms with Crippen LogP contribution in [0.15, 0.2) is 28.7 Å². The fourth-order valence-electron chi connectivity index (χ4n) is 2.68. The number of aryl methyl sites for hydroxylation is 1. The quantitative estimate of drug-likeness (QED) is 0.903. The minimum absolute atomic E-state index is 0.0307. The summed E-state index contributed by atoms with van der Waals surface area (Å²) in [5, 5.41) is 2.70. The van der Waals surface area contributed by atoms with Crippen molar-refractivity contribution in [3.63, 3.8) is 0 Å². The molecule has 8 heteroatoms. The van der Waals surface area contributed by atoms with Crippen LogP contribution in [0.5, 0.6) is 0 Å². The van der Waals surface area contributed by atoms with Crippen LogP contribution in [0, 0.1) is 12.7 Å². The van der Waals surface area contributed by atoms with Crippen LogP contribution in [0.1, 0.15) is 17.9 Å². The van der Waals surface area contributed by atoms with Crippen LogP contribution in [0.2, 0.25) is 0 Å². The topological polar surface area (TPSA) is 89.3 Å². The maximum atomic E-state index is 13.8. The van der Waals surface area contributed by atoms with Gasteiger partial charge in [-0.1, -0.05) is 12.1 Å². The molecule has 0 radical (unpaired) electrons. The third-order valence-corrected chi connectivity index (χ3v) is 5.69. The van der Waals surface area contributed by atoms with Crippen molar-refractivity contribution < 1.29 is 22.0 Å². The summed E-state index contributed by atoms with van der Waals surface area (Å²) in [4.78, 5) is 16.3. The summed E-state index contributed by atoms with van der Waals surface area (Å²) in [6.45, 7) is 1.65. The summed E-state index contributed by atoms with van der Waals surface area (Å²) in [6.07, 6.45) is 0.382. The highest BCUT2D eigenvalue weighted by Crippen LogP contribution is 2.24. The lowest BCUT2D eigenvalue weighted by molar-refractivity contribution is -0.121. The molecule has 1 atom stereocenters. The van der Waals surface area contributed by atoms with Crippen molar-refractivity contribution in [3.05, 3.63) is 41.5 Å². The van der Waals surface area contributed by atoms with Crippen LogP contribution in [0.3, 0.4) is 0 Å². The molecule has 0 bridgehead atoms. The Morgan fingerprint density at radius 2 is 2.17 bits per heavy atom. The Morgan fingerprint density at radius 3 is 2.83 bits per heavy atom. The second-order valence-electron chi connectivity index (χ2n) is 5.85. The first-order chi connectivity index (χ1) is 11.3. The molecule has 1 fully saturated rings. The SMILES string of the molecule is Cc1oc(-c2ccccc2F)nc1CC(=O)NC1CCS(=O)(=O)C1. The highest BCUT2D eigenvalue weighted by atomic mass is 32.2. The minimum atomic E-state index is -3.05. The number of nitrogens with zero attached hydrogens (tertiary/aromatic N) is 1. The van der Waals surface area contributed by atoms with Gasteiger partial charge in [-0.15, -0.1) is 0 Å². The van der Waals surface area contributed by atoms with E-state index in [0.29, 0.717) is 17.9 Å². The standard InChI is InChI=1S/C16H17FN2O4S/c1-10-14(8-15(20)18-11-6-7-24(21,22)9-11)19-16(23-10)12-4-2-3-5-13(12)17/h2-5,11H,6-9H2,1H3,(H,18,20). The van der Waals surface area contributed by atoms with Gasteiger partial charge >= 0.3 is 0 Å². The molecule has 24 heavy (non-hydrogen) atoms. The predicted molar refractivity (Wildman–Crippen MR) is 85.5 cm³/mol. The molecule has 1 aromatic heterocycles. The van der Waals surface area contributed by atoms with Crippen LogP contribution in [0.25, 0.3) is 11.5 Å². The van der Waals surface area contributed by atoms with E-state index in [-0.39, 0.29) is 41.3 Å². The smallest absolute Gasteiger partial charge is 0.229 e. The predicted octanol–water partition coefficient (Wildman–Crippen LogP) is 1.63. The average molecular weight is 352 g/mol. The number of sulfone groups is 1. The van der Waals surface area contributed by atoms with Crippen LogP contribution in [0.4, 0.5) is 4.39 Å². The highest BCUT2D eigenvalue weighted by molar-refractivity contribution is 7.91. The van der Waals surface area contributed by atoms with Crippen molar-refractivity contribution in [3.8, 4) is 11.5 Å². The first-order valence-electron chi connectivity index (χ1n) is 7.55. The number of oxazole rings is 1. The summed E-state index contributed by atoms with van der Waals surface area (Å²) in [5.74, 6) is -0.158. The summed E-state index contributed by atoms with van der Waals surface area (Å²) in [6, 6.07) is 5.74. The molecule has 128 valence electrons. The van der Waals surface area contributed by atoms with Gasteiger partial charge in [-0.3, -0.25) is 4.79 Å². The van der Waals surface area contributed by atoms with Gasteiger partial charge in [0.25, 0.3) is 0 Å². The molecule has 1 saturated heterocycles. The normalized spacial score (nSPS) is 19.3. The number of hydrogen-bond donors (Lipinski definition) is 1. The first-order valence-corrected chi connectivity index (χ1v) is 9.37. The summed E-state index contributed by atoms with van der Waals surface area (Å²) >= 11 is 0. The lowest BCUT2D eigenvalue weighted by atomic mass is 10.2. The van der Waals surface area contributed by atoms with E-state index in [0.717, 1.165) is 0 Å². The van der Waals surface area contributed by atoms with Gasteiger partial charge < -0.3 is 9.73 Å². The van der Waals surface area contributed by atoms with Crippen molar-refractivity contribution >= 4 is 15.7 Å². The van der Waals surface area contributed by atoms with Gasteiger partial charge in [-0.05, 0) is 25.5 Å². The molecule has 0 aliphatic carbocycles. The number of amides is 1. The van der Waals surface area contributed by atoms with Gasteiger partial charge in [0, 0.05) is 6.04 Å². The highest BCUT2D eigenvalue weighted by Gasteiger charge is 2.29. The van der Waals surface area contributed by atoms with Crippen molar-refractivity contribution in [2.24, 2.45) is 0 Å². The summed E-state index contributed by atoms with van der Waals surface area (Å²) in [7, 11) is -3.05. The molecular formula is C16H17FN2O4S. The molecule has 2 aromatic rings. The number of hydrogen-bond acceptors (Lipinski definition) is 5. The largest absolute Gasteiger partial charge is 0.441 e. The molecule has 1 N–H and O–H groups in total. The molecule has 1 aliphatic heterocycles. The van der Waals surface area contributed by atoms with Gasteiger partial charge in [0.05, 0.1) is 29.2 Å². The van der Waals surface area contributed by atoms with E-state index in [1.165, 1.54) is 6.07 Å². The van der Waals surface area contributed by atoms with Crippen LogP contribution < -0.4 is 5.32 Å². The van der Waals surface area contributed by atoms with Gasteiger partial charge in [0.15, 0.2) is 9.84 Å². The number of carbonyl (C=O) groups excluding carboxylic acids is 1. The molecule has 1 aliphatic rings. The van der Waals surface area contributed by atoms with E-state index in [4.69, 9.17) is 4.42 Å². The Balaban J connectivity index is 1.70. The number of aromatic nitrogens is 1. The fourth-order valence-corrected chi connectivity index (χ4v) is 4.35. The molecule has 1 unspecified atom stereocenters. The van der Waals surface area contributed by atoms with Crippen LogP contribution in [-0.4, -0.2) is 36.9 Å². The maximum Gasteiger partial charge on any atom is 0.229 e. The fraction of sp³-hybridized carbons (Fsp3) is 0.375. The molecule has 2 heterocycles. The molecule has 6 nitrogen and oxygen atoms in total. The Hall–Kier alpha value is -2.22. The van der Waals surface area contributed by atoms with E-state index < -0.39 is 15.7 Å². The van der Waals surface area contributed by atoms with Gasteiger partial charge in [-0.25, -0.2) is 17.8 Å². The van der Waals surface area contributed by atoms with Gasteiger partial charge in [0.1, 0.15) is 11.6 Å². The number of halogens is 1. The van der Waals surface area contributed by atoms with Crippen molar-refractivity contribution in [1.29, 1.82) is 0 Å². The zero-order valence-corrected chi connectivity index (χ0v) is 13.9. The second kappa shape index (κ2) is 6.35. The molecule has 1 amide bonds.